The first-order valence-electron chi connectivity index (χ1n) is 8.51. The standard InChI is InChI=1S/C16H21N3.C2H6/c1-12-15-8-4-5-9-16(15)19(17-12)14-10-18(11-14)13-6-2-3-7-13;1-2/h4-5,8-9,13-14H,2-3,6-7,10-11H2,1H3;1-2H3. The minimum atomic E-state index is 0.583. The van der Waals surface area contributed by atoms with E-state index in [1.54, 1.807) is 0 Å². The Morgan fingerprint density at radius 3 is 2.38 bits per heavy atom. The number of para-hydroxylation sites is 1. The molecule has 0 amide bonds. The minimum Gasteiger partial charge on any atom is -0.296 e. The highest BCUT2D eigenvalue weighted by molar-refractivity contribution is 5.81. The molecule has 0 spiro atoms. The summed E-state index contributed by atoms with van der Waals surface area (Å²) >= 11 is 0. The zero-order valence-electron chi connectivity index (χ0n) is 13.5. The smallest absolute Gasteiger partial charge is 0.0780 e. The van der Waals surface area contributed by atoms with Crippen molar-refractivity contribution in [3.05, 3.63) is 30.0 Å². The van der Waals surface area contributed by atoms with Crippen LogP contribution in [0, 0.1) is 6.92 Å². The lowest BCUT2D eigenvalue weighted by molar-refractivity contribution is 0.0574. The molecule has 0 unspecified atom stereocenters. The second-order valence-corrected chi connectivity index (χ2v) is 6.09. The predicted octanol–water partition coefficient (Wildman–Crippen LogP) is 4.17. The molecule has 2 heterocycles. The number of aryl methyl sites for hydroxylation is 1. The Hall–Kier alpha value is -1.35. The number of hydrogen-bond acceptors (Lipinski definition) is 2. The molecular formula is C18H27N3. The van der Waals surface area contributed by atoms with E-state index in [4.69, 9.17) is 5.10 Å². The van der Waals surface area contributed by atoms with Gasteiger partial charge in [-0.25, -0.2) is 0 Å². The number of aromatic nitrogens is 2. The van der Waals surface area contributed by atoms with E-state index in [9.17, 15) is 0 Å². The van der Waals surface area contributed by atoms with Gasteiger partial charge in [-0.15, -0.1) is 0 Å². The van der Waals surface area contributed by atoms with Crippen LogP contribution in [-0.4, -0.2) is 33.8 Å². The van der Waals surface area contributed by atoms with Crippen LogP contribution in [0.25, 0.3) is 10.9 Å². The normalized spacial score (nSPS) is 20.3. The highest BCUT2D eigenvalue weighted by Crippen LogP contribution is 2.33. The first-order valence-corrected chi connectivity index (χ1v) is 8.51. The average Bonchev–Trinajstić information content (AvgIpc) is 3.10. The third-order valence-corrected chi connectivity index (χ3v) is 4.88. The van der Waals surface area contributed by atoms with Gasteiger partial charge in [0, 0.05) is 24.5 Å². The summed E-state index contributed by atoms with van der Waals surface area (Å²) in [6, 6.07) is 10.0. The maximum atomic E-state index is 4.76. The van der Waals surface area contributed by atoms with Gasteiger partial charge in [-0.2, -0.15) is 5.10 Å². The van der Waals surface area contributed by atoms with Crippen LogP contribution in [0.1, 0.15) is 51.3 Å². The molecule has 4 rings (SSSR count). The van der Waals surface area contributed by atoms with Crippen LogP contribution in [0.15, 0.2) is 24.3 Å². The van der Waals surface area contributed by atoms with Gasteiger partial charge in [0.1, 0.15) is 0 Å². The van der Waals surface area contributed by atoms with Gasteiger partial charge in [-0.1, -0.05) is 44.9 Å². The zero-order chi connectivity index (χ0) is 14.8. The van der Waals surface area contributed by atoms with Gasteiger partial charge in [-0.05, 0) is 25.8 Å². The number of likely N-dealkylation sites (tertiary alicyclic amines) is 1. The van der Waals surface area contributed by atoms with Crippen molar-refractivity contribution < 1.29 is 0 Å². The minimum absolute atomic E-state index is 0.583. The summed E-state index contributed by atoms with van der Waals surface area (Å²) in [7, 11) is 0. The lowest BCUT2D eigenvalue weighted by Gasteiger charge is -2.43. The topological polar surface area (TPSA) is 21.1 Å². The molecule has 3 heteroatoms. The van der Waals surface area contributed by atoms with Gasteiger partial charge < -0.3 is 0 Å². The van der Waals surface area contributed by atoms with Crippen molar-refractivity contribution in [2.24, 2.45) is 0 Å². The molecule has 0 N–H and O–H groups in total. The van der Waals surface area contributed by atoms with Crippen LogP contribution >= 0.6 is 0 Å². The van der Waals surface area contributed by atoms with E-state index in [1.165, 1.54) is 49.7 Å². The van der Waals surface area contributed by atoms with Gasteiger partial charge in [0.15, 0.2) is 0 Å². The molecule has 114 valence electrons. The maximum Gasteiger partial charge on any atom is 0.0780 e. The van der Waals surface area contributed by atoms with Crippen LogP contribution in [0.2, 0.25) is 0 Å². The molecule has 1 aromatic heterocycles. The van der Waals surface area contributed by atoms with E-state index >= 15 is 0 Å². The van der Waals surface area contributed by atoms with Crippen LogP contribution < -0.4 is 0 Å². The Kier molecular flexibility index (Phi) is 4.29. The molecule has 1 aliphatic carbocycles. The molecule has 2 fully saturated rings. The van der Waals surface area contributed by atoms with E-state index < -0.39 is 0 Å². The Balaban J connectivity index is 0.000000636. The number of benzene rings is 1. The molecule has 2 aliphatic rings. The SMILES string of the molecule is CC.Cc1nn(C2CN(C3CCCC3)C2)c2ccccc12. The van der Waals surface area contributed by atoms with E-state index in [2.05, 4.69) is 40.8 Å². The highest BCUT2D eigenvalue weighted by atomic mass is 15.4. The summed E-state index contributed by atoms with van der Waals surface area (Å²) in [4.78, 5) is 2.66. The predicted molar refractivity (Wildman–Crippen MR) is 88.7 cm³/mol. The Morgan fingerprint density at radius 2 is 1.67 bits per heavy atom. The Labute approximate surface area is 127 Å². The Morgan fingerprint density at radius 1 is 1.00 bits per heavy atom. The van der Waals surface area contributed by atoms with Gasteiger partial charge in [-0.3, -0.25) is 9.58 Å². The molecule has 1 aliphatic heterocycles. The van der Waals surface area contributed by atoms with Crippen molar-refractivity contribution in [3.8, 4) is 0 Å². The molecule has 0 atom stereocenters. The average molecular weight is 285 g/mol. The number of rotatable bonds is 2. The van der Waals surface area contributed by atoms with Gasteiger partial charge in [0.2, 0.25) is 0 Å². The molecule has 0 bridgehead atoms. The summed E-state index contributed by atoms with van der Waals surface area (Å²) in [5, 5.41) is 6.07. The maximum absolute atomic E-state index is 4.76. The highest BCUT2D eigenvalue weighted by Gasteiger charge is 2.35. The second-order valence-electron chi connectivity index (χ2n) is 6.09. The fourth-order valence-electron chi connectivity index (χ4n) is 3.74. The van der Waals surface area contributed by atoms with Gasteiger partial charge >= 0.3 is 0 Å². The number of fused-ring (bicyclic) bond motifs is 1. The summed E-state index contributed by atoms with van der Waals surface area (Å²) < 4.78 is 2.26. The summed E-state index contributed by atoms with van der Waals surface area (Å²) in [6.45, 7) is 8.50. The third-order valence-electron chi connectivity index (χ3n) is 4.88. The molecule has 21 heavy (non-hydrogen) atoms. The third kappa shape index (κ3) is 2.59. The zero-order valence-corrected chi connectivity index (χ0v) is 13.5. The van der Waals surface area contributed by atoms with Crippen LogP contribution in [0.3, 0.4) is 0 Å². The van der Waals surface area contributed by atoms with E-state index in [0.717, 1.165) is 11.7 Å². The van der Waals surface area contributed by atoms with Crippen molar-refractivity contribution in [3.63, 3.8) is 0 Å². The largest absolute Gasteiger partial charge is 0.296 e. The molecular weight excluding hydrogens is 258 g/mol. The van der Waals surface area contributed by atoms with E-state index in [1.807, 2.05) is 13.8 Å². The molecule has 1 saturated heterocycles. The van der Waals surface area contributed by atoms with Crippen molar-refractivity contribution in [1.82, 2.24) is 14.7 Å². The molecule has 1 saturated carbocycles. The summed E-state index contributed by atoms with van der Waals surface area (Å²) in [6.07, 6.45) is 5.67. The lowest BCUT2D eigenvalue weighted by Crippen LogP contribution is -2.52. The summed E-state index contributed by atoms with van der Waals surface area (Å²) in [5.74, 6) is 0. The van der Waals surface area contributed by atoms with Gasteiger partial charge in [0.25, 0.3) is 0 Å². The van der Waals surface area contributed by atoms with Crippen molar-refractivity contribution in [2.75, 3.05) is 13.1 Å². The fourth-order valence-corrected chi connectivity index (χ4v) is 3.74. The Bertz CT molecular complexity index is 590. The molecule has 3 nitrogen and oxygen atoms in total. The van der Waals surface area contributed by atoms with Crippen molar-refractivity contribution in [1.29, 1.82) is 0 Å². The fraction of sp³-hybridized carbons (Fsp3) is 0.611. The second kappa shape index (κ2) is 6.18. The van der Waals surface area contributed by atoms with Crippen LogP contribution in [-0.2, 0) is 0 Å². The lowest BCUT2D eigenvalue weighted by atomic mass is 10.0. The van der Waals surface area contributed by atoms with Crippen molar-refractivity contribution in [2.45, 2.75) is 58.5 Å². The van der Waals surface area contributed by atoms with Crippen LogP contribution in [0.5, 0.6) is 0 Å². The van der Waals surface area contributed by atoms with Crippen molar-refractivity contribution >= 4 is 10.9 Å². The van der Waals surface area contributed by atoms with E-state index in [-0.39, 0.29) is 0 Å². The number of hydrogen-bond donors (Lipinski definition) is 0. The molecule has 1 aromatic carbocycles. The molecule has 0 radical (unpaired) electrons. The quantitative estimate of drug-likeness (QED) is 0.825. The molecule has 2 aromatic rings. The number of nitrogens with zero attached hydrogens (tertiary/aromatic N) is 3. The first-order chi connectivity index (χ1) is 10.3. The first kappa shape index (κ1) is 14.6. The van der Waals surface area contributed by atoms with E-state index in [0.29, 0.717) is 6.04 Å². The van der Waals surface area contributed by atoms with Crippen LogP contribution in [0.4, 0.5) is 0 Å². The summed E-state index contributed by atoms with van der Waals surface area (Å²) in [5.41, 5.74) is 2.46. The monoisotopic (exact) mass is 285 g/mol. The van der Waals surface area contributed by atoms with Gasteiger partial charge in [0.05, 0.1) is 17.3 Å².